The number of amides is 1. The standard InChI is InChI=1S/C18H17F2NO4S/c1-2-24-13-9-7-12(8-10-13)21-16(22)11-25-17(23)14-5-3-4-6-15(14)26-18(19)20/h3-10,18H,2,11H2,1H3,(H,21,22). The van der Waals surface area contributed by atoms with Crippen LogP contribution in [0.5, 0.6) is 5.75 Å². The lowest BCUT2D eigenvalue weighted by atomic mass is 10.2. The molecule has 2 aromatic carbocycles. The molecule has 26 heavy (non-hydrogen) atoms. The molecule has 0 bridgehead atoms. The number of rotatable bonds is 8. The summed E-state index contributed by atoms with van der Waals surface area (Å²) in [6.45, 7) is 1.87. The Bertz CT molecular complexity index is 753. The van der Waals surface area contributed by atoms with Crippen LogP contribution in [0.15, 0.2) is 53.4 Å². The number of thioether (sulfide) groups is 1. The van der Waals surface area contributed by atoms with Gasteiger partial charge in [0.15, 0.2) is 6.61 Å². The van der Waals surface area contributed by atoms with Crippen LogP contribution in [-0.2, 0) is 9.53 Å². The topological polar surface area (TPSA) is 64.6 Å². The molecule has 1 amide bonds. The van der Waals surface area contributed by atoms with Crippen molar-refractivity contribution in [2.45, 2.75) is 17.6 Å². The minimum absolute atomic E-state index is 0.00772. The normalized spacial score (nSPS) is 10.5. The third-order valence-corrected chi connectivity index (χ3v) is 3.89. The van der Waals surface area contributed by atoms with Gasteiger partial charge in [0.05, 0.1) is 12.2 Å². The van der Waals surface area contributed by atoms with E-state index < -0.39 is 24.2 Å². The summed E-state index contributed by atoms with van der Waals surface area (Å²) in [6.07, 6.45) is 0. The van der Waals surface area contributed by atoms with Gasteiger partial charge in [0.1, 0.15) is 5.75 Å². The zero-order chi connectivity index (χ0) is 18.9. The SMILES string of the molecule is CCOc1ccc(NC(=O)COC(=O)c2ccccc2SC(F)F)cc1. The monoisotopic (exact) mass is 381 g/mol. The van der Waals surface area contributed by atoms with Crippen LogP contribution in [0, 0.1) is 0 Å². The molecule has 0 aromatic heterocycles. The Morgan fingerprint density at radius 1 is 1.12 bits per heavy atom. The molecule has 0 heterocycles. The van der Waals surface area contributed by atoms with Crippen LogP contribution in [0.2, 0.25) is 0 Å². The minimum atomic E-state index is -2.66. The maximum absolute atomic E-state index is 12.5. The molecule has 0 radical (unpaired) electrons. The molecule has 1 N–H and O–H groups in total. The largest absolute Gasteiger partial charge is 0.494 e. The number of halogens is 2. The summed E-state index contributed by atoms with van der Waals surface area (Å²) in [5, 5.41) is 2.57. The molecule has 0 fully saturated rings. The summed E-state index contributed by atoms with van der Waals surface area (Å²) in [4.78, 5) is 24.0. The fourth-order valence-electron chi connectivity index (χ4n) is 2.04. The van der Waals surface area contributed by atoms with E-state index in [0.717, 1.165) is 0 Å². The number of alkyl halides is 2. The lowest BCUT2D eigenvalue weighted by Gasteiger charge is -2.10. The number of carbonyl (C=O) groups excluding carboxylic acids is 2. The highest BCUT2D eigenvalue weighted by molar-refractivity contribution is 7.99. The van der Waals surface area contributed by atoms with Crippen molar-refractivity contribution in [1.82, 2.24) is 0 Å². The van der Waals surface area contributed by atoms with Gasteiger partial charge in [-0.15, -0.1) is 0 Å². The van der Waals surface area contributed by atoms with Gasteiger partial charge in [0.2, 0.25) is 0 Å². The van der Waals surface area contributed by atoms with E-state index in [1.54, 1.807) is 30.3 Å². The van der Waals surface area contributed by atoms with Crippen LogP contribution in [0.4, 0.5) is 14.5 Å². The van der Waals surface area contributed by atoms with E-state index in [2.05, 4.69) is 5.32 Å². The molecule has 0 aliphatic heterocycles. The molecule has 138 valence electrons. The third kappa shape index (κ3) is 6.03. The lowest BCUT2D eigenvalue weighted by Crippen LogP contribution is -2.21. The molecule has 0 unspecified atom stereocenters. The highest BCUT2D eigenvalue weighted by atomic mass is 32.2. The Morgan fingerprint density at radius 2 is 1.81 bits per heavy atom. The number of hydrogen-bond acceptors (Lipinski definition) is 5. The van der Waals surface area contributed by atoms with Crippen molar-refractivity contribution >= 4 is 29.3 Å². The fraction of sp³-hybridized carbons (Fsp3) is 0.222. The smallest absolute Gasteiger partial charge is 0.339 e. The van der Waals surface area contributed by atoms with Gasteiger partial charge in [-0.2, -0.15) is 8.78 Å². The quantitative estimate of drug-likeness (QED) is 0.549. The third-order valence-electron chi connectivity index (χ3n) is 3.11. The Labute approximate surface area is 153 Å². The van der Waals surface area contributed by atoms with E-state index in [4.69, 9.17) is 9.47 Å². The molecule has 0 atom stereocenters. The molecule has 0 saturated carbocycles. The molecule has 0 saturated heterocycles. The van der Waals surface area contributed by atoms with Crippen LogP contribution in [-0.4, -0.2) is 30.8 Å². The maximum Gasteiger partial charge on any atom is 0.339 e. The fourth-order valence-corrected chi connectivity index (χ4v) is 2.67. The van der Waals surface area contributed by atoms with E-state index in [9.17, 15) is 18.4 Å². The van der Waals surface area contributed by atoms with Crippen molar-refractivity contribution in [3.63, 3.8) is 0 Å². The van der Waals surface area contributed by atoms with E-state index in [1.165, 1.54) is 18.2 Å². The van der Waals surface area contributed by atoms with E-state index in [-0.39, 0.29) is 22.2 Å². The molecule has 2 aromatic rings. The van der Waals surface area contributed by atoms with Crippen LogP contribution >= 0.6 is 11.8 Å². The highest BCUT2D eigenvalue weighted by Gasteiger charge is 2.17. The molecule has 0 spiro atoms. The van der Waals surface area contributed by atoms with Crippen LogP contribution in [0.1, 0.15) is 17.3 Å². The molecule has 0 aliphatic rings. The predicted octanol–water partition coefficient (Wildman–Crippen LogP) is 4.20. The summed E-state index contributed by atoms with van der Waals surface area (Å²) in [7, 11) is 0. The first-order valence-electron chi connectivity index (χ1n) is 7.73. The summed E-state index contributed by atoms with van der Waals surface area (Å²) in [5.41, 5.74) is 0.509. The van der Waals surface area contributed by atoms with E-state index >= 15 is 0 Å². The highest BCUT2D eigenvalue weighted by Crippen LogP contribution is 2.28. The number of esters is 1. The zero-order valence-corrected chi connectivity index (χ0v) is 14.7. The van der Waals surface area contributed by atoms with Crippen LogP contribution in [0.25, 0.3) is 0 Å². The number of hydrogen-bond donors (Lipinski definition) is 1. The summed E-state index contributed by atoms with van der Waals surface area (Å²) >= 11 is 0.249. The first-order chi connectivity index (χ1) is 12.5. The van der Waals surface area contributed by atoms with Gasteiger partial charge in [-0.3, -0.25) is 4.79 Å². The van der Waals surface area contributed by atoms with Gasteiger partial charge in [-0.25, -0.2) is 4.79 Å². The summed E-state index contributed by atoms with van der Waals surface area (Å²) in [5.74, 6) is -3.37. The van der Waals surface area contributed by atoms with Gasteiger partial charge in [0, 0.05) is 10.6 Å². The van der Waals surface area contributed by atoms with Crippen molar-refractivity contribution < 1.29 is 27.8 Å². The molecule has 8 heteroatoms. The van der Waals surface area contributed by atoms with Gasteiger partial charge >= 0.3 is 5.97 Å². The average Bonchev–Trinajstić information content (AvgIpc) is 2.61. The van der Waals surface area contributed by atoms with Gasteiger partial charge in [0.25, 0.3) is 11.7 Å². The molecular weight excluding hydrogens is 364 g/mol. The Hall–Kier alpha value is -2.61. The molecule has 2 rings (SSSR count). The van der Waals surface area contributed by atoms with Gasteiger partial charge in [-0.1, -0.05) is 23.9 Å². The number of anilines is 1. The second-order valence-corrected chi connectivity index (χ2v) is 5.99. The predicted molar refractivity (Wildman–Crippen MR) is 94.8 cm³/mol. The lowest BCUT2D eigenvalue weighted by molar-refractivity contribution is -0.119. The maximum atomic E-state index is 12.5. The average molecular weight is 381 g/mol. The van der Waals surface area contributed by atoms with Gasteiger partial charge < -0.3 is 14.8 Å². The van der Waals surface area contributed by atoms with E-state index in [0.29, 0.717) is 18.0 Å². The zero-order valence-electron chi connectivity index (χ0n) is 13.9. The Kier molecular flexibility index (Phi) is 7.40. The van der Waals surface area contributed by atoms with E-state index in [1.807, 2.05) is 6.92 Å². The number of ether oxygens (including phenoxy) is 2. The summed E-state index contributed by atoms with van der Waals surface area (Å²) in [6, 6.07) is 12.5. The first kappa shape index (κ1) is 19.7. The molecule has 5 nitrogen and oxygen atoms in total. The second-order valence-electron chi connectivity index (χ2n) is 4.96. The van der Waals surface area contributed by atoms with Crippen LogP contribution in [0.3, 0.4) is 0 Å². The Balaban J connectivity index is 1.90. The minimum Gasteiger partial charge on any atom is -0.494 e. The van der Waals surface area contributed by atoms with Crippen molar-refractivity contribution in [2.24, 2.45) is 0 Å². The van der Waals surface area contributed by atoms with Crippen molar-refractivity contribution in [3.8, 4) is 5.75 Å². The second kappa shape index (κ2) is 9.76. The van der Waals surface area contributed by atoms with Crippen molar-refractivity contribution in [1.29, 1.82) is 0 Å². The van der Waals surface area contributed by atoms with Crippen LogP contribution < -0.4 is 10.1 Å². The number of benzene rings is 2. The molecule has 0 aliphatic carbocycles. The molecular formula is C18H17F2NO4S. The summed E-state index contributed by atoms with van der Waals surface area (Å²) < 4.78 is 35.3. The Morgan fingerprint density at radius 3 is 2.46 bits per heavy atom. The first-order valence-corrected chi connectivity index (χ1v) is 8.61. The van der Waals surface area contributed by atoms with Gasteiger partial charge in [-0.05, 0) is 43.3 Å². The van der Waals surface area contributed by atoms with Crippen molar-refractivity contribution in [3.05, 3.63) is 54.1 Å². The van der Waals surface area contributed by atoms with Crippen molar-refractivity contribution in [2.75, 3.05) is 18.5 Å². The number of nitrogens with one attached hydrogen (secondary N) is 1. The number of carbonyl (C=O) groups is 2.